The van der Waals surface area contributed by atoms with E-state index in [9.17, 15) is 9.50 Å². The molecule has 31 heavy (non-hydrogen) atoms. The van der Waals surface area contributed by atoms with Crippen LogP contribution >= 0.6 is 0 Å². The molecular formula is C27H38FNO2. The van der Waals surface area contributed by atoms with Gasteiger partial charge in [0.25, 0.3) is 0 Å². The highest BCUT2D eigenvalue weighted by Gasteiger charge is 2.39. The Morgan fingerprint density at radius 3 is 2.45 bits per heavy atom. The second-order valence-corrected chi connectivity index (χ2v) is 10.2. The summed E-state index contributed by atoms with van der Waals surface area (Å²) in [6.07, 6.45) is 8.09. The van der Waals surface area contributed by atoms with Crippen molar-refractivity contribution in [1.29, 1.82) is 0 Å². The SMILES string of the molecule is COc1ccc(F)cc1C(C)(Cc1cc(C)cc(C)n1)CC(C)(O)CC1CCCCC1. The Morgan fingerprint density at radius 2 is 1.81 bits per heavy atom. The first kappa shape index (κ1) is 23.7. The Hall–Kier alpha value is -1.94. The molecule has 3 nitrogen and oxygen atoms in total. The molecule has 1 aromatic heterocycles. The van der Waals surface area contributed by atoms with Gasteiger partial charge in [-0.3, -0.25) is 4.98 Å². The number of halogens is 1. The van der Waals surface area contributed by atoms with Gasteiger partial charge in [0.1, 0.15) is 11.6 Å². The minimum Gasteiger partial charge on any atom is -0.496 e. The molecule has 1 aromatic carbocycles. The molecule has 1 aliphatic carbocycles. The number of rotatable bonds is 8. The summed E-state index contributed by atoms with van der Waals surface area (Å²) in [5, 5.41) is 11.5. The highest BCUT2D eigenvalue weighted by molar-refractivity contribution is 5.41. The normalized spacial score (nSPS) is 18.9. The first-order chi connectivity index (χ1) is 14.6. The van der Waals surface area contributed by atoms with E-state index in [1.807, 2.05) is 13.8 Å². The molecule has 1 fully saturated rings. The zero-order valence-corrected chi connectivity index (χ0v) is 19.8. The fourth-order valence-electron chi connectivity index (χ4n) is 5.75. The van der Waals surface area contributed by atoms with Crippen molar-refractivity contribution in [1.82, 2.24) is 4.98 Å². The van der Waals surface area contributed by atoms with Crippen LogP contribution in [0, 0.1) is 25.6 Å². The summed E-state index contributed by atoms with van der Waals surface area (Å²) in [4.78, 5) is 4.75. The van der Waals surface area contributed by atoms with E-state index in [2.05, 4.69) is 26.0 Å². The maximum atomic E-state index is 14.4. The van der Waals surface area contributed by atoms with Crippen molar-refractivity contribution in [2.75, 3.05) is 7.11 Å². The molecule has 2 unspecified atom stereocenters. The smallest absolute Gasteiger partial charge is 0.123 e. The highest BCUT2D eigenvalue weighted by Crippen LogP contribution is 2.43. The van der Waals surface area contributed by atoms with E-state index in [4.69, 9.17) is 9.72 Å². The predicted octanol–water partition coefficient (Wildman–Crippen LogP) is 6.46. The van der Waals surface area contributed by atoms with Gasteiger partial charge in [0.2, 0.25) is 0 Å². The maximum Gasteiger partial charge on any atom is 0.123 e. The maximum absolute atomic E-state index is 14.4. The Balaban J connectivity index is 1.98. The Kier molecular flexibility index (Phi) is 7.41. The first-order valence-electron chi connectivity index (χ1n) is 11.6. The highest BCUT2D eigenvalue weighted by atomic mass is 19.1. The number of pyridine rings is 1. The van der Waals surface area contributed by atoms with Gasteiger partial charge in [-0.15, -0.1) is 0 Å². The molecule has 2 atom stereocenters. The molecule has 4 heteroatoms. The van der Waals surface area contributed by atoms with Crippen LogP contribution in [0.4, 0.5) is 4.39 Å². The number of benzene rings is 1. The first-order valence-corrected chi connectivity index (χ1v) is 11.6. The van der Waals surface area contributed by atoms with Crippen LogP contribution in [-0.4, -0.2) is 22.8 Å². The summed E-state index contributed by atoms with van der Waals surface area (Å²) in [5.74, 6) is 0.922. The van der Waals surface area contributed by atoms with Crippen molar-refractivity contribution in [2.45, 2.75) is 90.1 Å². The fraction of sp³-hybridized carbons (Fsp3) is 0.593. The molecular weight excluding hydrogens is 389 g/mol. The molecule has 0 spiro atoms. The van der Waals surface area contributed by atoms with Gasteiger partial charge >= 0.3 is 0 Å². The lowest BCUT2D eigenvalue weighted by molar-refractivity contribution is 0.000116. The summed E-state index contributed by atoms with van der Waals surface area (Å²) in [5.41, 5.74) is 2.49. The molecule has 1 heterocycles. The van der Waals surface area contributed by atoms with Crippen molar-refractivity contribution < 1.29 is 14.2 Å². The number of hydrogen-bond acceptors (Lipinski definition) is 3. The molecule has 1 saturated carbocycles. The molecule has 0 saturated heterocycles. The lowest BCUT2D eigenvalue weighted by Crippen LogP contribution is -2.39. The molecule has 170 valence electrons. The van der Waals surface area contributed by atoms with Gasteiger partial charge in [-0.2, -0.15) is 0 Å². The van der Waals surface area contributed by atoms with E-state index in [1.54, 1.807) is 19.2 Å². The Morgan fingerprint density at radius 1 is 1.10 bits per heavy atom. The number of nitrogens with zero attached hydrogens (tertiary/aromatic N) is 1. The van der Waals surface area contributed by atoms with Crippen molar-refractivity contribution in [3.05, 3.63) is 58.7 Å². The van der Waals surface area contributed by atoms with Crippen molar-refractivity contribution in [2.24, 2.45) is 5.92 Å². The van der Waals surface area contributed by atoms with E-state index in [0.717, 1.165) is 28.9 Å². The zero-order valence-electron chi connectivity index (χ0n) is 19.8. The Bertz CT molecular complexity index is 869. The zero-order chi connectivity index (χ0) is 22.6. The van der Waals surface area contributed by atoms with Gasteiger partial charge in [-0.05, 0) is 81.8 Å². The largest absolute Gasteiger partial charge is 0.496 e. The van der Waals surface area contributed by atoms with E-state index in [1.165, 1.54) is 38.2 Å². The molecule has 0 bridgehead atoms. The van der Waals surface area contributed by atoms with Crippen LogP contribution in [0.2, 0.25) is 0 Å². The van der Waals surface area contributed by atoms with Crippen molar-refractivity contribution in [3.63, 3.8) is 0 Å². The minimum atomic E-state index is -0.854. The van der Waals surface area contributed by atoms with Crippen LogP contribution in [0.25, 0.3) is 0 Å². The average molecular weight is 428 g/mol. The third-order valence-electron chi connectivity index (χ3n) is 6.76. The summed E-state index contributed by atoms with van der Waals surface area (Å²) in [7, 11) is 1.62. The third kappa shape index (κ3) is 6.29. The van der Waals surface area contributed by atoms with Gasteiger partial charge < -0.3 is 9.84 Å². The number of ether oxygens (including phenoxy) is 1. The lowest BCUT2D eigenvalue weighted by Gasteiger charge is -2.40. The van der Waals surface area contributed by atoms with E-state index >= 15 is 0 Å². The van der Waals surface area contributed by atoms with Crippen LogP contribution in [0.1, 0.15) is 81.3 Å². The molecule has 1 N–H and O–H groups in total. The summed E-state index contributed by atoms with van der Waals surface area (Å²) >= 11 is 0. The molecule has 3 rings (SSSR count). The molecule has 0 radical (unpaired) electrons. The number of hydrogen-bond donors (Lipinski definition) is 1. The molecule has 1 aliphatic rings. The summed E-state index contributed by atoms with van der Waals surface area (Å²) < 4.78 is 20.0. The van der Waals surface area contributed by atoms with Crippen molar-refractivity contribution >= 4 is 0 Å². The van der Waals surface area contributed by atoms with Crippen LogP contribution in [0.5, 0.6) is 5.75 Å². The number of aliphatic hydroxyl groups is 1. The van der Waals surface area contributed by atoms with Gasteiger partial charge in [-0.1, -0.05) is 39.0 Å². The second kappa shape index (κ2) is 9.68. The standard InChI is InChI=1S/C27H38FNO2/c1-19-13-20(2)29-23(14-19)17-26(3,24-15-22(28)11-12-25(24)31-5)18-27(4,30)16-21-9-7-6-8-10-21/h11-15,21,30H,6-10,16-18H2,1-5H3. The average Bonchev–Trinajstić information content (AvgIpc) is 2.67. The lowest BCUT2D eigenvalue weighted by atomic mass is 9.68. The van der Waals surface area contributed by atoms with Crippen LogP contribution in [-0.2, 0) is 11.8 Å². The molecule has 0 amide bonds. The quantitative estimate of drug-likeness (QED) is 0.526. The number of methoxy groups -OCH3 is 1. The monoisotopic (exact) mass is 427 g/mol. The van der Waals surface area contributed by atoms with Gasteiger partial charge in [0.05, 0.1) is 12.7 Å². The van der Waals surface area contributed by atoms with Crippen LogP contribution in [0.3, 0.4) is 0 Å². The number of aryl methyl sites for hydroxylation is 2. The minimum absolute atomic E-state index is 0.290. The predicted molar refractivity (Wildman–Crippen MR) is 124 cm³/mol. The number of aromatic nitrogens is 1. The molecule has 2 aromatic rings. The second-order valence-electron chi connectivity index (χ2n) is 10.2. The van der Waals surface area contributed by atoms with Gasteiger partial charge in [-0.25, -0.2) is 4.39 Å². The molecule has 0 aliphatic heterocycles. The van der Waals surface area contributed by atoms with Crippen LogP contribution in [0.15, 0.2) is 30.3 Å². The Labute approximate surface area is 187 Å². The van der Waals surface area contributed by atoms with Crippen LogP contribution < -0.4 is 4.74 Å². The van der Waals surface area contributed by atoms with E-state index in [0.29, 0.717) is 24.5 Å². The topological polar surface area (TPSA) is 42.4 Å². The van der Waals surface area contributed by atoms with Gasteiger partial charge in [0.15, 0.2) is 0 Å². The van der Waals surface area contributed by atoms with E-state index in [-0.39, 0.29) is 5.82 Å². The third-order valence-corrected chi connectivity index (χ3v) is 6.76. The fourth-order valence-corrected chi connectivity index (χ4v) is 5.75. The van der Waals surface area contributed by atoms with Crippen molar-refractivity contribution in [3.8, 4) is 5.75 Å². The van der Waals surface area contributed by atoms with Gasteiger partial charge in [0, 0.05) is 22.4 Å². The van der Waals surface area contributed by atoms with E-state index < -0.39 is 11.0 Å². The summed E-state index contributed by atoms with van der Waals surface area (Å²) in [6.45, 7) is 8.12. The summed E-state index contributed by atoms with van der Waals surface area (Å²) in [6, 6.07) is 8.83.